The molecule has 0 aliphatic carbocycles. The molecule has 3 rings (SSSR count). The van der Waals surface area contributed by atoms with Crippen LogP contribution in [0.2, 0.25) is 0 Å². The van der Waals surface area contributed by atoms with Crippen molar-refractivity contribution in [3.05, 3.63) is 36.4 Å². The highest BCUT2D eigenvalue weighted by molar-refractivity contribution is 7.86. The van der Waals surface area contributed by atoms with Crippen molar-refractivity contribution in [3.63, 3.8) is 0 Å². The van der Waals surface area contributed by atoms with E-state index in [1.54, 1.807) is 0 Å². The van der Waals surface area contributed by atoms with Crippen LogP contribution in [0.15, 0.2) is 51.1 Å². The number of aromatic nitrogens is 3. The van der Waals surface area contributed by atoms with E-state index in [0.717, 1.165) is 18.2 Å². The lowest BCUT2D eigenvalue weighted by atomic mass is 10.3. The molecule has 0 bridgehead atoms. The number of rotatable bonds is 7. The molecule has 0 aliphatic rings. The van der Waals surface area contributed by atoms with Gasteiger partial charge in [-0.2, -0.15) is 40.2 Å². The van der Waals surface area contributed by atoms with Gasteiger partial charge in [0, 0.05) is 5.69 Å². The molecule has 0 spiro atoms. The van der Waals surface area contributed by atoms with Gasteiger partial charge in [0.25, 0.3) is 30.4 Å². The van der Waals surface area contributed by atoms with E-state index in [4.69, 9.17) is 11.5 Å². The Kier molecular flexibility index (Phi) is 6.34. The summed E-state index contributed by atoms with van der Waals surface area (Å²) in [5.41, 5.74) is 10.5. The highest BCUT2D eigenvalue weighted by Gasteiger charge is 2.21. The highest BCUT2D eigenvalue weighted by Crippen LogP contribution is 2.29. The SMILES string of the molecule is Nc1ccc(S(=O)(=O)O)c(Nc2nc(N)nc(Nc3cc(S(=O)(=O)O)ccc3S(=O)(=O)O)n2)c1. The molecule has 34 heavy (non-hydrogen) atoms. The molecule has 0 saturated carbocycles. The van der Waals surface area contributed by atoms with Crippen LogP contribution < -0.4 is 22.1 Å². The molecule has 3 aromatic rings. The second-order valence-corrected chi connectivity index (χ2v) is 10.6. The van der Waals surface area contributed by atoms with Crippen molar-refractivity contribution < 1.29 is 38.9 Å². The smallest absolute Gasteiger partial charge is 0.296 e. The average Bonchev–Trinajstić information content (AvgIpc) is 2.65. The average molecular weight is 534 g/mol. The van der Waals surface area contributed by atoms with Crippen LogP contribution in [0.5, 0.6) is 0 Å². The van der Waals surface area contributed by atoms with Gasteiger partial charge in [-0.3, -0.25) is 13.7 Å². The number of nitrogen functional groups attached to an aromatic ring is 2. The molecule has 19 heteroatoms. The Balaban J connectivity index is 2.08. The third-order valence-electron chi connectivity index (χ3n) is 3.95. The predicted octanol–water partition coefficient (Wildman–Crippen LogP) is 0.263. The van der Waals surface area contributed by atoms with Gasteiger partial charge in [0.15, 0.2) is 0 Å². The van der Waals surface area contributed by atoms with Crippen molar-refractivity contribution in [2.75, 3.05) is 22.1 Å². The zero-order valence-corrected chi connectivity index (χ0v) is 18.9. The molecule has 0 unspecified atom stereocenters. The van der Waals surface area contributed by atoms with Crippen molar-refractivity contribution in [2.45, 2.75) is 14.7 Å². The number of nitrogens with zero attached hydrogens (tertiary/aromatic N) is 3. The topological polar surface area (TPSA) is 278 Å². The number of hydrogen-bond donors (Lipinski definition) is 7. The monoisotopic (exact) mass is 533 g/mol. The van der Waals surface area contributed by atoms with Crippen LogP contribution >= 0.6 is 0 Å². The Labute approximate surface area is 192 Å². The van der Waals surface area contributed by atoms with Gasteiger partial charge >= 0.3 is 0 Å². The maximum Gasteiger partial charge on any atom is 0.296 e. The van der Waals surface area contributed by atoms with E-state index in [1.165, 1.54) is 6.07 Å². The first kappa shape index (κ1) is 25.0. The number of hydrogen-bond acceptors (Lipinski definition) is 13. The minimum Gasteiger partial charge on any atom is -0.399 e. The Morgan fingerprint density at radius 3 is 1.59 bits per heavy atom. The molecule has 1 aromatic heterocycles. The van der Waals surface area contributed by atoms with Gasteiger partial charge in [0.05, 0.1) is 16.3 Å². The third kappa shape index (κ3) is 5.84. The number of benzene rings is 2. The Morgan fingerprint density at radius 2 is 1.12 bits per heavy atom. The fraction of sp³-hybridized carbons (Fsp3) is 0. The van der Waals surface area contributed by atoms with Crippen molar-refractivity contribution in [3.8, 4) is 0 Å². The molecule has 0 saturated heterocycles. The zero-order valence-electron chi connectivity index (χ0n) is 16.5. The standard InChI is InChI=1S/C15H15N7O9S3/c16-7-1-3-11(33(26,27)28)9(5-7)18-14-20-13(17)21-15(22-14)19-10-6-8(32(23,24)25)2-4-12(10)34(29,30)31/h1-6H,16H2,(H,23,24,25)(H,26,27,28)(H,29,30,31)(H4,17,18,19,20,21,22). The predicted molar refractivity (Wildman–Crippen MR) is 118 cm³/mol. The van der Waals surface area contributed by atoms with Crippen LogP contribution in [0.4, 0.5) is 34.9 Å². The lowest BCUT2D eigenvalue weighted by Gasteiger charge is -2.13. The van der Waals surface area contributed by atoms with Crippen LogP contribution in [0.3, 0.4) is 0 Å². The second-order valence-electron chi connectivity index (χ2n) is 6.43. The van der Waals surface area contributed by atoms with Crippen LogP contribution in [0, 0.1) is 0 Å². The van der Waals surface area contributed by atoms with Crippen molar-refractivity contribution in [1.29, 1.82) is 0 Å². The van der Waals surface area contributed by atoms with E-state index in [-0.39, 0.29) is 11.4 Å². The largest absolute Gasteiger partial charge is 0.399 e. The molecule has 1 heterocycles. The van der Waals surface area contributed by atoms with Gasteiger partial charge in [0.1, 0.15) is 9.79 Å². The Morgan fingerprint density at radius 1 is 0.647 bits per heavy atom. The van der Waals surface area contributed by atoms with Crippen LogP contribution in [0.1, 0.15) is 0 Å². The fourth-order valence-corrected chi connectivity index (χ4v) is 4.37. The first-order valence-corrected chi connectivity index (χ1v) is 12.9. The summed E-state index contributed by atoms with van der Waals surface area (Å²) in [6.07, 6.45) is 0. The van der Waals surface area contributed by atoms with Crippen molar-refractivity contribution in [1.82, 2.24) is 15.0 Å². The van der Waals surface area contributed by atoms with Gasteiger partial charge in [0.2, 0.25) is 17.8 Å². The third-order valence-corrected chi connectivity index (χ3v) is 6.63. The van der Waals surface area contributed by atoms with E-state index >= 15 is 0 Å². The molecule has 9 N–H and O–H groups in total. The maximum atomic E-state index is 11.7. The molecule has 182 valence electrons. The number of nitrogens with one attached hydrogen (secondary N) is 2. The molecule has 0 amide bonds. The highest BCUT2D eigenvalue weighted by atomic mass is 32.2. The van der Waals surface area contributed by atoms with Crippen molar-refractivity contribution in [2.24, 2.45) is 0 Å². The molecular weight excluding hydrogens is 518 g/mol. The molecule has 0 aliphatic heterocycles. The minimum atomic E-state index is -4.88. The summed E-state index contributed by atoms with van der Waals surface area (Å²) >= 11 is 0. The molecule has 2 aromatic carbocycles. The molecular formula is C15H15N7O9S3. The maximum absolute atomic E-state index is 11.7. The minimum absolute atomic E-state index is 0.107. The van der Waals surface area contributed by atoms with Gasteiger partial charge in [-0.25, -0.2) is 0 Å². The fourth-order valence-electron chi connectivity index (χ4n) is 2.61. The van der Waals surface area contributed by atoms with E-state index < -0.39 is 68.6 Å². The summed E-state index contributed by atoms with van der Waals surface area (Å²) in [7, 11) is -14.3. The lowest BCUT2D eigenvalue weighted by molar-refractivity contribution is 0.479. The quantitative estimate of drug-likeness (QED) is 0.158. The Bertz CT molecular complexity index is 1610. The first-order valence-electron chi connectivity index (χ1n) is 8.56. The Hall–Kier alpha value is -3.62. The van der Waals surface area contributed by atoms with Crippen LogP contribution in [0.25, 0.3) is 0 Å². The van der Waals surface area contributed by atoms with Crippen LogP contribution in [-0.2, 0) is 30.4 Å². The summed E-state index contributed by atoms with van der Waals surface area (Å²) in [5.74, 6) is -1.34. The number of anilines is 6. The van der Waals surface area contributed by atoms with E-state index in [0.29, 0.717) is 12.1 Å². The van der Waals surface area contributed by atoms with Gasteiger partial charge in [-0.15, -0.1) is 0 Å². The van der Waals surface area contributed by atoms with Gasteiger partial charge in [-0.1, -0.05) is 0 Å². The summed E-state index contributed by atoms with van der Waals surface area (Å²) in [5, 5.41) is 4.79. The molecule has 0 radical (unpaired) electrons. The van der Waals surface area contributed by atoms with Gasteiger partial charge < -0.3 is 22.1 Å². The summed E-state index contributed by atoms with van der Waals surface area (Å²) in [6, 6.07) is 5.48. The molecule has 0 fully saturated rings. The lowest BCUT2D eigenvalue weighted by Crippen LogP contribution is -2.11. The summed E-state index contributed by atoms with van der Waals surface area (Å²) < 4.78 is 97.4. The van der Waals surface area contributed by atoms with E-state index in [1.807, 2.05) is 0 Å². The summed E-state index contributed by atoms with van der Waals surface area (Å²) in [4.78, 5) is 9.20. The molecule has 0 atom stereocenters. The van der Waals surface area contributed by atoms with Gasteiger partial charge in [-0.05, 0) is 36.4 Å². The molecule has 16 nitrogen and oxygen atoms in total. The summed E-state index contributed by atoms with van der Waals surface area (Å²) in [6.45, 7) is 0. The van der Waals surface area contributed by atoms with Crippen molar-refractivity contribution >= 4 is 65.3 Å². The second kappa shape index (κ2) is 8.62. The van der Waals surface area contributed by atoms with E-state index in [2.05, 4.69) is 25.6 Å². The first-order chi connectivity index (χ1) is 15.5. The number of nitrogens with two attached hydrogens (primary N) is 2. The normalized spacial score (nSPS) is 12.3. The van der Waals surface area contributed by atoms with E-state index in [9.17, 15) is 38.9 Å². The zero-order chi connectivity index (χ0) is 25.5. The van der Waals surface area contributed by atoms with Crippen LogP contribution in [-0.4, -0.2) is 53.9 Å².